The van der Waals surface area contributed by atoms with Crippen molar-refractivity contribution >= 4 is 5.84 Å². The molecule has 0 radical (unpaired) electrons. The smallest absolute Gasteiger partial charge is 0.337 e. The number of aliphatic hydroxyl groups is 1. The zero-order chi connectivity index (χ0) is 18.2. The summed E-state index contributed by atoms with van der Waals surface area (Å²) in [4.78, 5) is 7.27. The second-order valence-corrected chi connectivity index (χ2v) is 5.90. The molecule has 0 spiro atoms. The molecule has 1 fully saturated rings. The van der Waals surface area contributed by atoms with Gasteiger partial charge in [-0.2, -0.15) is 13.9 Å². The standard InChI is InChI=1S/C15H15F4N5O/c16-9-1-4-11(12(17)5-9)14(25,6-24-8-21-7-22-24)15(18,19)13(20)23-10-2-3-10/h1,4-5,7-8,10,25H,2-3,6H2,(H2,20,23). The van der Waals surface area contributed by atoms with E-state index in [1.54, 1.807) is 0 Å². The van der Waals surface area contributed by atoms with E-state index in [4.69, 9.17) is 5.73 Å². The van der Waals surface area contributed by atoms with Crippen LogP contribution in [0.2, 0.25) is 0 Å². The van der Waals surface area contributed by atoms with Crippen LogP contribution in [0.25, 0.3) is 0 Å². The molecule has 2 aromatic rings. The first kappa shape index (κ1) is 17.3. The Hall–Kier alpha value is -2.49. The molecule has 25 heavy (non-hydrogen) atoms. The van der Waals surface area contributed by atoms with E-state index >= 15 is 0 Å². The molecule has 1 aromatic carbocycles. The number of nitrogens with zero attached hydrogens (tertiary/aromatic N) is 4. The fraction of sp³-hybridized carbons (Fsp3) is 0.400. The molecule has 134 valence electrons. The average molecular weight is 357 g/mol. The van der Waals surface area contributed by atoms with Crippen LogP contribution in [0, 0.1) is 11.6 Å². The summed E-state index contributed by atoms with van der Waals surface area (Å²) in [5.74, 6) is -7.53. The van der Waals surface area contributed by atoms with E-state index in [-0.39, 0.29) is 6.04 Å². The number of hydrogen-bond acceptors (Lipinski definition) is 4. The van der Waals surface area contributed by atoms with Crippen molar-refractivity contribution in [2.45, 2.75) is 37.0 Å². The highest BCUT2D eigenvalue weighted by atomic mass is 19.3. The molecule has 1 saturated carbocycles. The summed E-state index contributed by atoms with van der Waals surface area (Å²) in [6, 6.07) is 1.60. The molecule has 10 heteroatoms. The van der Waals surface area contributed by atoms with Crippen molar-refractivity contribution < 1.29 is 22.7 Å². The van der Waals surface area contributed by atoms with Crippen molar-refractivity contribution in [2.75, 3.05) is 0 Å². The number of hydrogen-bond donors (Lipinski definition) is 2. The number of aromatic nitrogens is 3. The van der Waals surface area contributed by atoms with Gasteiger partial charge in [0.1, 0.15) is 24.3 Å². The maximum atomic E-state index is 15.0. The van der Waals surface area contributed by atoms with Crippen LogP contribution in [0.3, 0.4) is 0 Å². The molecule has 1 aromatic heterocycles. The zero-order valence-electron chi connectivity index (χ0n) is 12.9. The molecule has 6 nitrogen and oxygen atoms in total. The van der Waals surface area contributed by atoms with Gasteiger partial charge in [-0.05, 0) is 25.0 Å². The summed E-state index contributed by atoms with van der Waals surface area (Å²) in [5.41, 5.74) is 1.47. The Labute approximate surface area is 140 Å². The summed E-state index contributed by atoms with van der Waals surface area (Å²) in [5, 5.41) is 14.5. The third kappa shape index (κ3) is 3.21. The molecular formula is C15H15F4N5O. The van der Waals surface area contributed by atoms with Gasteiger partial charge in [0.15, 0.2) is 11.4 Å². The van der Waals surface area contributed by atoms with Crippen LogP contribution in [-0.2, 0) is 12.1 Å². The minimum atomic E-state index is -4.12. The number of halogens is 4. The Morgan fingerprint density at radius 3 is 2.64 bits per heavy atom. The van der Waals surface area contributed by atoms with Crippen LogP contribution in [0.5, 0.6) is 0 Å². The fourth-order valence-corrected chi connectivity index (χ4v) is 2.42. The molecule has 1 aliphatic carbocycles. The van der Waals surface area contributed by atoms with Crippen molar-refractivity contribution in [2.24, 2.45) is 10.7 Å². The van der Waals surface area contributed by atoms with Gasteiger partial charge >= 0.3 is 5.92 Å². The summed E-state index contributed by atoms with van der Waals surface area (Å²) in [6.45, 7) is -0.858. The van der Waals surface area contributed by atoms with Crippen LogP contribution in [-0.4, -0.2) is 37.7 Å². The highest BCUT2D eigenvalue weighted by Crippen LogP contribution is 2.41. The van der Waals surface area contributed by atoms with Crippen LogP contribution in [0.1, 0.15) is 18.4 Å². The van der Waals surface area contributed by atoms with Gasteiger partial charge in [0.25, 0.3) is 0 Å². The van der Waals surface area contributed by atoms with Gasteiger partial charge < -0.3 is 10.8 Å². The predicted molar refractivity (Wildman–Crippen MR) is 79.9 cm³/mol. The number of amidine groups is 1. The monoisotopic (exact) mass is 357 g/mol. The molecule has 3 rings (SSSR count). The summed E-state index contributed by atoms with van der Waals surface area (Å²) in [6.07, 6.45) is 3.38. The predicted octanol–water partition coefficient (Wildman–Crippen LogP) is 1.60. The van der Waals surface area contributed by atoms with E-state index in [0.717, 1.165) is 29.5 Å². The van der Waals surface area contributed by atoms with Crippen molar-refractivity contribution in [3.05, 3.63) is 48.1 Å². The van der Waals surface area contributed by atoms with E-state index < -0.39 is 41.1 Å². The lowest BCUT2D eigenvalue weighted by Crippen LogP contribution is -2.56. The van der Waals surface area contributed by atoms with Crippen LogP contribution in [0.4, 0.5) is 17.6 Å². The Morgan fingerprint density at radius 1 is 1.36 bits per heavy atom. The van der Waals surface area contributed by atoms with Gasteiger partial charge in [-0.15, -0.1) is 0 Å². The first-order chi connectivity index (χ1) is 11.7. The van der Waals surface area contributed by atoms with Gasteiger partial charge in [-0.25, -0.2) is 18.4 Å². The van der Waals surface area contributed by atoms with Crippen molar-refractivity contribution in [3.8, 4) is 0 Å². The second kappa shape index (κ2) is 6.10. The second-order valence-electron chi connectivity index (χ2n) is 5.90. The third-order valence-corrected chi connectivity index (χ3v) is 3.94. The third-order valence-electron chi connectivity index (χ3n) is 3.94. The lowest BCUT2D eigenvalue weighted by molar-refractivity contribution is -0.155. The van der Waals surface area contributed by atoms with Gasteiger partial charge in [0.05, 0.1) is 12.6 Å². The topological polar surface area (TPSA) is 89.3 Å². The Balaban J connectivity index is 2.10. The first-order valence-electron chi connectivity index (χ1n) is 7.46. The Morgan fingerprint density at radius 2 is 2.08 bits per heavy atom. The van der Waals surface area contributed by atoms with Crippen molar-refractivity contribution in [1.29, 1.82) is 0 Å². The van der Waals surface area contributed by atoms with Crippen LogP contribution in [0.15, 0.2) is 35.8 Å². The highest BCUT2D eigenvalue weighted by Gasteiger charge is 2.59. The lowest BCUT2D eigenvalue weighted by Gasteiger charge is -2.35. The molecule has 1 atom stereocenters. The van der Waals surface area contributed by atoms with Crippen LogP contribution < -0.4 is 5.73 Å². The largest absolute Gasteiger partial charge is 0.382 e. The van der Waals surface area contributed by atoms with E-state index in [9.17, 15) is 22.7 Å². The maximum absolute atomic E-state index is 15.0. The van der Waals surface area contributed by atoms with Gasteiger partial charge in [0.2, 0.25) is 0 Å². The molecule has 3 N–H and O–H groups in total. The molecular weight excluding hydrogens is 342 g/mol. The molecule has 0 aliphatic heterocycles. The molecule has 1 heterocycles. The lowest BCUT2D eigenvalue weighted by atomic mass is 9.85. The maximum Gasteiger partial charge on any atom is 0.337 e. The van der Waals surface area contributed by atoms with Gasteiger partial charge in [-0.3, -0.25) is 4.99 Å². The van der Waals surface area contributed by atoms with E-state index in [1.807, 2.05) is 0 Å². The number of benzene rings is 1. The molecule has 0 saturated heterocycles. The van der Waals surface area contributed by atoms with Crippen molar-refractivity contribution in [3.63, 3.8) is 0 Å². The number of rotatable bonds is 6. The fourth-order valence-electron chi connectivity index (χ4n) is 2.42. The van der Waals surface area contributed by atoms with Gasteiger partial charge in [-0.1, -0.05) is 0 Å². The van der Waals surface area contributed by atoms with Gasteiger partial charge in [0, 0.05) is 11.6 Å². The van der Waals surface area contributed by atoms with Crippen molar-refractivity contribution in [1.82, 2.24) is 14.8 Å². The molecule has 0 bridgehead atoms. The molecule has 1 aliphatic rings. The minimum Gasteiger partial charge on any atom is -0.382 e. The normalized spacial score (nSPS) is 18.2. The number of nitrogens with two attached hydrogens (primary N) is 1. The van der Waals surface area contributed by atoms with E-state index in [1.165, 1.54) is 0 Å². The molecule has 1 unspecified atom stereocenters. The minimum absolute atomic E-state index is 0.334. The zero-order valence-corrected chi connectivity index (χ0v) is 12.9. The average Bonchev–Trinajstić information content (AvgIpc) is 3.20. The summed E-state index contributed by atoms with van der Waals surface area (Å²) < 4.78 is 58.2. The summed E-state index contributed by atoms with van der Waals surface area (Å²) in [7, 11) is 0. The quantitative estimate of drug-likeness (QED) is 0.467. The highest BCUT2D eigenvalue weighted by molar-refractivity contribution is 5.89. The van der Waals surface area contributed by atoms with E-state index in [2.05, 4.69) is 15.1 Å². The van der Waals surface area contributed by atoms with Crippen LogP contribution >= 0.6 is 0 Å². The first-order valence-corrected chi connectivity index (χ1v) is 7.46. The Kier molecular flexibility index (Phi) is 4.23. The molecule has 0 amide bonds. The number of aliphatic imine (C=N–C) groups is 1. The number of alkyl halides is 2. The van der Waals surface area contributed by atoms with E-state index in [0.29, 0.717) is 18.9 Å². The SMILES string of the molecule is NC(=NC1CC1)C(F)(F)C(O)(Cn1cncn1)c1ccc(F)cc1F. The summed E-state index contributed by atoms with van der Waals surface area (Å²) >= 11 is 0. The Bertz CT molecular complexity index is 791.